The lowest BCUT2D eigenvalue weighted by atomic mass is 10.0. The van der Waals surface area contributed by atoms with Crippen molar-refractivity contribution in [1.29, 1.82) is 0 Å². The third-order valence-corrected chi connectivity index (χ3v) is 5.26. The number of H-pyrrole nitrogens is 2. The maximum Gasteiger partial charge on any atom is 0.248 e. The predicted octanol–water partition coefficient (Wildman–Crippen LogP) is 3.42. The molecule has 0 spiro atoms. The highest BCUT2D eigenvalue weighted by Crippen LogP contribution is 2.22. The number of aromatic nitrogens is 3. The van der Waals surface area contributed by atoms with Crippen LogP contribution in [0.5, 0.6) is 0 Å². The van der Waals surface area contributed by atoms with Crippen LogP contribution < -0.4 is 10.6 Å². The fraction of sp³-hybridized carbons (Fsp3) is 0.208. The Bertz CT molecular complexity index is 1210. The van der Waals surface area contributed by atoms with Crippen LogP contribution in [0.3, 0.4) is 0 Å². The third kappa shape index (κ3) is 4.83. The van der Waals surface area contributed by atoms with Crippen LogP contribution in [0, 0.1) is 13.8 Å². The Balaban J connectivity index is 1.52. The summed E-state index contributed by atoms with van der Waals surface area (Å²) in [6.45, 7) is 3.81. The summed E-state index contributed by atoms with van der Waals surface area (Å²) < 4.78 is 0. The number of aryl methyl sites for hydroxylation is 2. The SMILES string of the molecule is Cc1cc(NC(=O)[C@H](Cc2ccccc2)NC(=O)Cc2c(C)[nH]c3ccccc23)n[nH]1. The summed E-state index contributed by atoms with van der Waals surface area (Å²) in [4.78, 5) is 29.2. The molecule has 0 aliphatic rings. The van der Waals surface area contributed by atoms with Crippen molar-refractivity contribution in [2.24, 2.45) is 0 Å². The number of rotatable bonds is 7. The number of para-hydroxylation sites is 1. The minimum absolute atomic E-state index is 0.190. The molecule has 0 saturated heterocycles. The van der Waals surface area contributed by atoms with Gasteiger partial charge in [-0.2, -0.15) is 5.10 Å². The molecule has 0 saturated carbocycles. The second-order valence-corrected chi connectivity index (χ2v) is 7.69. The smallest absolute Gasteiger partial charge is 0.248 e. The zero-order valence-corrected chi connectivity index (χ0v) is 17.5. The number of nitrogens with one attached hydrogen (secondary N) is 4. The fourth-order valence-corrected chi connectivity index (χ4v) is 3.72. The van der Waals surface area contributed by atoms with E-state index in [0.717, 1.165) is 33.4 Å². The maximum atomic E-state index is 13.0. The lowest BCUT2D eigenvalue weighted by molar-refractivity contribution is -0.126. The average Bonchev–Trinajstić information content (AvgIpc) is 3.30. The molecule has 4 rings (SSSR count). The van der Waals surface area contributed by atoms with Gasteiger partial charge in [-0.25, -0.2) is 0 Å². The zero-order valence-electron chi connectivity index (χ0n) is 17.5. The minimum atomic E-state index is -0.725. The summed E-state index contributed by atoms with van der Waals surface area (Å²) in [7, 11) is 0. The first-order valence-electron chi connectivity index (χ1n) is 10.2. The summed E-state index contributed by atoms with van der Waals surface area (Å²) in [5, 5.41) is 13.6. The van der Waals surface area contributed by atoms with Crippen molar-refractivity contribution in [2.75, 3.05) is 5.32 Å². The van der Waals surface area contributed by atoms with Crippen LogP contribution >= 0.6 is 0 Å². The van der Waals surface area contributed by atoms with Gasteiger partial charge in [-0.05, 0) is 31.0 Å². The van der Waals surface area contributed by atoms with Crippen molar-refractivity contribution in [2.45, 2.75) is 32.7 Å². The van der Waals surface area contributed by atoms with E-state index in [-0.39, 0.29) is 18.2 Å². The first-order valence-corrected chi connectivity index (χ1v) is 10.2. The monoisotopic (exact) mass is 415 g/mol. The molecule has 0 fully saturated rings. The first-order chi connectivity index (χ1) is 15.0. The number of fused-ring (bicyclic) bond motifs is 1. The molecule has 7 nitrogen and oxygen atoms in total. The number of carbonyl (C=O) groups is 2. The highest BCUT2D eigenvalue weighted by molar-refractivity contribution is 5.98. The van der Waals surface area contributed by atoms with E-state index in [1.165, 1.54) is 0 Å². The average molecular weight is 415 g/mol. The maximum absolute atomic E-state index is 13.0. The van der Waals surface area contributed by atoms with E-state index >= 15 is 0 Å². The standard InChI is InChI=1S/C24H25N5O2/c1-15-12-22(29-28-15)27-24(31)21(13-17-8-4-3-5-9-17)26-23(30)14-19-16(2)25-20-11-7-6-10-18(19)20/h3-12,21,25H,13-14H2,1-2H3,(H,26,30)(H2,27,28,29,31)/t21-/m0/s1. The molecular formula is C24H25N5O2. The summed E-state index contributed by atoms with van der Waals surface area (Å²) in [6.07, 6.45) is 0.574. The molecule has 4 aromatic rings. The van der Waals surface area contributed by atoms with Gasteiger partial charge in [-0.1, -0.05) is 48.5 Å². The van der Waals surface area contributed by atoms with Crippen molar-refractivity contribution in [3.8, 4) is 0 Å². The van der Waals surface area contributed by atoms with Crippen LogP contribution in [0.2, 0.25) is 0 Å². The predicted molar refractivity (Wildman–Crippen MR) is 121 cm³/mol. The molecule has 2 amide bonds. The van der Waals surface area contributed by atoms with Gasteiger partial charge in [-0.3, -0.25) is 14.7 Å². The highest BCUT2D eigenvalue weighted by Gasteiger charge is 2.23. The van der Waals surface area contributed by atoms with E-state index in [1.807, 2.05) is 68.4 Å². The van der Waals surface area contributed by atoms with E-state index in [0.29, 0.717) is 12.2 Å². The van der Waals surface area contributed by atoms with Crippen LogP contribution in [0.25, 0.3) is 10.9 Å². The van der Waals surface area contributed by atoms with Crippen LogP contribution in [0.4, 0.5) is 5.82 Å². The largest absolute Gasteiger partial charge is 0.358 e. The number of carbonyl (C=O) groups excluding carboxylic acids is 2. The normalized spacial score (nSPS) is 11.9. The first kappa shape index (κ1) is 20.4. The lowest BCUT2D eigenvalue weighted by Crippen LogP contribution is -2.45. The van der Waals surface area contributed by atoms with Crippen LogP contribution in [0.1, 0.15) is 22.5 Å². The lowest BCUT2D eigenvalue weighted by Gasteiger charge is -2.18. The van der Waals surface area contributed by atoms with Crippen LogP contribution in [-0.2, 0) is 22.4 Å². The summed E-state index contributed by atoms with van der Waals surface area (Å²) in [5.74, 6) is -0.0798. The van der Waals surface area contributed by atoms with Crippen LogP contribution in [-0.4, -0.2) is 33.0 Å². The van der Waals surface area contributed by atoms with E-state index in [9.17, 15) is 9.59 Å². The molecule has 2 heterocycles. The Morgan fingerprint density at radius 1 is 1.03 bits per heavy atom. The van der Waals surface area contributed by atoms with Gasteiger partial charge in [0.1, 0.15) is 6.04 Å². The van der Waals surface area contributed by atoms with E-state index in [1.54, 1.807) is 6.07 Å². The van der Waals surface area contributed by atoms with Gasteiger partial charge < -0.3 is 15.6 Å². The Kier molecular flexibility index (Phi) is 5.84. The number of aromatic amines is 2. The molecule has 7 heteroatoms. The van der Waals surface area contributed by atoms with Gasteiger partial charge >= 0.3 is 0 Å². The van der Waals surface area contributed by atoms with Crippen molar-refractivity contribution < 1.29 is 9.59 Å². The summed E-state index contributed by atoms with van der Waals surface area (Å²) >= 11 is 0. The Labute approximate surface area is 180 Å². The Morgan fingerprint density at radius 3 is 2.52 bits per heavy atom. The van der Waals surface area contributed by atoms with Crippen molar-refractivity contribution >= 4 is 28.5 Å². The van der Waals surface area contributed by atoms with Crippen LogP contribution in [0.15, 0.2) is 60.7 Å². The molecule has 1 atom stereocenters. The Hall–Kier alpha value is -3.87. The van der Waals surface area contributed by atoms with Crippen molar-refractivity contribution in [3.63, 3.8) is 0 Å². The number of hydrogen-bond donors (Lipinski definition) is 4. The van der Waals surface area contributed by atoms with Gasteiger partial charge in [0.05, 0.1) is 6.42 Å². The topological polar surface area (TPSA) is 103 Å². The number of nitrogens with zero attached hydrogens (tertiary/aromatic N) is 1. The molecular weight excluding hydrogens is 390 g/mol. The number of benzene rings is 2. The van der Waals surface area contributed by atoms with Gasteiger partial charge in [0.15, 0.2) is 5.82 Å². The van der Waals surface area contributed by atoms with Gasteiger partial charge in [-0.15, -0.1) is 0 Å². The third-order valence-electron chi connectivity index (χ3n) is 5.26. The molecule has 4 N–H and O–H groups in total. The van der Waals surface area contributed by atoms with Gasteiger partial charge in [0.25, 0.3) is 0 Å². The molecule has 31 heavy (non-hydrogen) atoms. The fourth-order valence-electron chi connectivity index (χ4n) is 3.72. The number of hydrogen-bond acceptors (Lipinski definition) is 3. The molecule has 158 valence electrons. The van der Waals surface area contributed by atoms with Crippen molar-refractivity contribution in [3.05, 3.63) is 83.2 Å². The van der Waals surface area contributed by atoms with E-state index in [2.05, 4.69) is 25.8 Å². The zero-order chi connectivity index (χ0) is 21.8. The number of anilines is 1. The van der Waals surface area contributed by atoms with Gasteiger partial charge in [0.2, 0.25) is 11.8 Å². The number of amides is 2. The molecule has 0 aliphatic heterocycles. The molecule has 0 unspecified atom stereocenters. The summed E-state index contributed by atoms with van der Waals surface area (Å²) in [6, 6.07) is 18.5. The van der Waals surface area contributed by atoms with Gasteiger partial charge in [0, 0.05) is 34.8 Å². The van der Waals surface area contributed by atoms with Crippen molar-refractivity contribution in [1.82, 2.24) is 20.5 Å². The minimum Gasteiger partial charge on any atom is -0.358 e. The Morgan fingerprint density at radius 2 is 1.77 bits per heavy atom. The highest BCUT2D eigenvalue weighted by atomic mass is 16.2. The van der Waals surface area contributed by atoms with E-state index < -0.39 is 6.04 Å². The molecule has 0 bridgehead atoms. The second kappa shape index (κ2) is 8.87. The molecule has 0 radical (unpaired) electrons. The molecule has 2 aromatic heterocycles. The quantitative estimate of drug-likeness (QED) is 0.372. The van der Waals surface area contributed by atoms with E-state index in [4.69, 9.17) is 0 Å². The second-order valence-electron chi connectivity index (χ2n) is 7.69. The molecule has 2 aromatic carbocycles. The summed E-state index contributed by atoms with van der Waals surface area (Å²) in [5.41, 5.74) is 4.69. The molecule has 0 aliphatic carbocycles.